The molecule has 0 aliphatic heterocycles. The molecule has 0 amide bonds. The fraction of sp³-hybridized carbons (Fsp3) is 0.143. The molecule has 0 aliphatic rings. The molecule has 2 nitrogen and oxygen atoms in total. The van der Waals surface area contributed by atoms with E-state index in [0.717, 1.165) is 6.07 Å². The third kappa shape index (κ3) is 2.81. The van der Waals surface area contributed by atoms with Crippen LogP contribution < -0.4 is 5.73 Å². The highest BCUT2D eigenvalue weighted by molar-refractivity contribution is 5.57. The predicted octanol–water partition coefficient (Wildman–Crippen LogP) is 3.58. The number of rotatable bonds is 2. The molecule has 0 heterocycles. The summed E-state index contributed by atoms with van der Waals surface area (Å²) >= 11 is 0. The summed E-state index contributed by atoms with van der Waals surface area (Å²) in [5.41, 5.74) is 5.31. The summed E-state index contributed by atoms with van der Waals surface area (Å²) < 4.78 is 38.2. The standard InChI is InChI=1S/C14H12F3NO/c15-14(16,17)11-6-3-5-10(13(11)18)8-9-4-1-2-7-12(9)19/h1-7,19H,8,18H2. The second-order valence-electron chi connectivity index (χ2n) is 4.18. The molecule has 0 atom stereocenters. The average Bonchev–Trinajstić information content (AvgIpc) is 2.33. The first kappa shape index (κ1) is 13.3. The van der Waals surface area contributed by atoms with Crippen LogP contribution in [0.15, 0.2) is 42.5 Å². The number of para-hydroxylation sites is 2. The van der Waals surface area contributed by atoms with Crippen LogP contribution in [-0.4, -0.2) is 5.11 Å². The molecule has 2 aromatic carbocycles. The molecule has 0 saturated heterocycles. The van der Waals surface area contributed by atoms with Gasteiger partial charge >= 0.3 is 6.18 Å². The van der Waals surface area contributed by atoms with Crippen molar-refractivity contribution < 1.29 is 18.3 Å². The zero-order chi connectivity index (χ0) is 14.0. The van der Waals surface area contributed by atoms with Crippen molar-refractivity contribution in [1.29, 1.82) is 0 Å². The maximum atomic E-state index is 12.7. The molecule has 0 spiro atoms. The number of alkyl halides is 3. The zero-order valence-electron chi connectivity index (χ0n) is 9.91. The Hall–Kier alpha value is -2.17. The number of phenolic OH excluding ortho intramolecular Hbond substituents is 1. The Kier molecular flexibility index (Phi) is 3.38. The Balaban J connectivity index is 2.40. The number of aromatic hydroxyl groups is 1. The minimum Gasteiger partial charge on any atom is -0.508 e. The van der Waals surface area contributed by atoms with Crippen LogP contribution in [0.1, 0.15) is 16.7 Å². The quantitative estimate of drug-likeness (QED) is 0.817. The molecule has 0 radical (unpaired) electrons. The lowest BCUT2D eigenvalue weighted by atomic mass is 9.99. The molecule has 0 aliphatic carbocycles. The van der Waals surface area contributed by atoms with Gasteiger partial charge in [-0.3, -0.25) is 0 Å². The Morgan fingerprint density at radius 1 is 0.947 bits per heavy atom. The number of anilines is 1. The van der Waals surface area contributed by atoms with Crippen LogP contribution in [0.3, 0.4) is 0 Å². The Morgan fingerprint density at radius 2 is 1.58 bits per heavy atom. The minimum atomic E-state index is -4.47. The highest BCUT2D eigenvalue weighted by atomic mass is 19.4. The molecule has 0 aromatic heterocycles. The van der Waals surface area contributed by atoms with Crippen molar-refractivity contribution in [3.8, 4) is 5.75 Å². The van der Waals surface area contributed by atoms with Crippen LogP contribution in [0.4, 0.5) is 18.9 Å². The van der Waals surface area contributed by atoms with Crippen molar-refractivity contribution in [2.45, 2.75) is 12.6 Å². The summed E-state index contributed by atoms with van der Waals surface area (Å²) in [6.07, 6.45) is -4.32. The third-order valence-electron chi connectivity index (χ3n) is 2.87. The SMILES string of the molecule is Nc1c(Cc2ccccc2O)cccc1C(F)(F)F. The summed E-state index contributed by atoms with van der Waals surface area (Å²) in [6, 6.07) is 10.3. The van der Waals surface area contributed by atoms with E-state index < -0.39 is 11.7 Å². The van der Waals surface area contributed by atoms with E-state index in [0.29, 0.717) is 11.1 Å². The van der Waals surface area contributed by atoms with Gasteiger partial charge in [0.15, 0.2) is 0 Å². The molecular formula is C14H12F3NO. The van der Waals surface area contributed by atoms with E-state index in [2.05, 4.69) is 0 Å². The lowest BCUT2D eigenvalue weighted by Gasteiger charge is -2.14. The largest absolute Gasteiger partial charge is 0.508 e. The maximum Gasteiger partial charge on any atom is 0.418 e. The first-order valence-corrected chi connectivity index (χ1v) is 5.61. The Bertz CT molecular complexity index is 593. The number of halogens is 3. The summed E-state index contributed by atoms with van der Waals surface area (Å²) in [4.78, 5) is 0. The van der Waals surface area contributed by atoms with Crippen molar-refractivity contribution in [2.24, 2.45) is 0 Å². The van der Waals surface area contributed by atoms with E-state index in [9.17, 15) is 18.3 Å². The van der Waals surface area contributed by atoms with Gasteiger partial charge < -0.3 is 10.8 Å². The van der Waals surface area contributed by atoms with Crippen LogP contribution in [0, 0.1) is 0 Å². The molecule has 19 heavy (non-hydrogen) atoms. The van der Waals surface area contributed by atoms with E-state index in [-0.39, 0.29) is 17.9 Å². The molecule has 3 N–H and O–H groups in total. The van der Waals surface area contributed by atoms with E-state index in [1.165, 1.54) is 18.2 Å². The van der Waals surface area contributed by atoms with Crippen molar-refractivity contribution in [1.82, 2.24) is 0 Å². The number of phenols is 1. The van der Waals surface area contributed by atoms with Crippen LogP contribution >= 0.6 is 0 Å². The van der Waals surface area contributed by atoms with Gasteiger partial charge in [-0.15, -0.1) is 0 Å². The number of benzene rings is 2. The molecule has 0 saturated carbocycles. The monoisotopic (exact) mass is 267 g/mol. The van der Waals surface area contributed by atoms with E-state index >= 15 is 0 Å². The average molecular weight is 267 g/mol. The minimum absolute atomic E-state index is 0.0410. The molecule has 2 rings (SSSR count). The Morgan fingerprint density at radius 3 is 2.21 bits per heavy atom. The van der Waals surface area contributed by atoms with Crippen LogP contribution in [-0.2, 0) is 12.6 Å². The van der Waals surface area contributed by atoms with Gasteiger partial charge in [0.25, 0.3) is 0 Å². The zero-order valence-corrected chi connectivity index (χ0v) is 9.91. The molecular weight excluding hydrogens is 255 g/mol. The van der Waals surface area contributed by atoms with Gasteiger partial charge in [-0.25, -0.2) is 0 Å². The van der Waals surface area contributed by atoms with Gasteiger partial charge in [-0.2, -0.15) is 13.2 Å². The maximum absolute atomic E-state index is 12.7. The molecule has 0 bridgehead atoms. The van der Waals surface area contributed by atoms with Gasteiger partial charge in [-0.1, -0.05) is 30.3 Å². The molecule has 0 unspecified atom stereocenters. The summed E-state index contributed by atoms with van der Waals surface area (Å²) in [7, 11) is 0. The van der Waals surface area contributed by atoms with Crippen molar-refractivity contribution in [2.75, 3.05) is 5.73 Å². The lowest BCUT2D eigenvalue weighted by Crippen LogP contribution is -2.10. The van der Waals surface area contributed by atoms with E-state index in [1.807, 2.05) is 0 Å². The van der Waals surface area contributed by atoms with Crippen molar-refractivity contribution in [3.63, 3.8) is 0 Å². The third-order valence-corrected chi connectivity index (χ3v) is 2.87. The van der Waals surface area contributed by atoms with Gasteiger partial charge in [-0.05, 0) is 23.3 Å². The number of nitrogens with two attached hydrogens (primary N) is 1. The summed E-state index contributed by atoms with van der Waals surface area (Å²) in [5.74, 6) is 0.0410. The fourth-order valence-electron chi connectivity index (χ4n) is 1.88. The van der Waals surface area contributed by atoms with Crippen LogP contribution in [0.25, 0.3) is 0 Å². The normalized spacial score (nSPS) is 11.5. The Labute approximate surface area is 108 Å². The first-order chi connectivity index (χ1) is 8.89. The predicted molar refractivity (Wildman–Crippen MR) is 66.8 cm³/mol. The van der Waals surface area contributed by atoms with Crippen LogP contribution in [0.5, 0.6) is 5.75 Å². The van der Waals surface area contributed by atoms with Gasteiger partial charge in [0, 0.05) is 12.1 Å². The highest BCUT2D eigenvalue weighted by Gasteiger charge is 2.33. The number of nitrogen functional groups attached to an aromatic ring is 1. The topological polar surface area (TPSA) is 46.2 Å². The van der Waals surface area contributed by atoms with Crippen molar-refractivity contribution >= 4 is 5.69 Å². The molecule has 0 fully saturated rings. The summed E-state index contributed by atoms with van der Waals surface area (Å²) in [6.45, 7) is 0. The molecule has 2 aromatic rings. The molecule has 5 heteroatoms. The highest BCUT2D eigenvalue weighted by Crippen LogP contribution is 2.36. The second kappa shape index (κ2) is 4.84. The van der Waals surface area contributed by atoms with E-state index in [4.69, 9.17) is 5.73 Å². The smallest absolute Gasteiger partial charge is 0.418 e. The molecule has 100 valence electrons. The lowest BCUT2D eigenvalue weighted by molar-refractivity contribution is -0.136. The number of hydrogen-bond acceptors (Lipinski definition) is 2. The summed E-state index contributed by atoms with van der Waals surface area (Å²) in [5, 5.41) is 9.63. The van der Waals surface area contributed by atoms with Gasteiger partial charge in [0.2, 0.25) is 0 Å². The van der Waals surface area contributed by atoms with Crippen molar-refractivity contribution in [3.05, 3.63) is 59.2 Å². The van der Waals surface area contributed by atoms with Gasteiger partial charge in [0.05, 0.1) is 5.56 Å². The van der Waals surface area contributed by atoms with E-state index in [1.54, 1.807) is 18.2 Å². The fourth-order valence-corrected chi connectivity index (χ4v) is 1.88. The van der Waals surface area contributed by atoms with Crippen LogP contribution in [0.2, 0.25) is 0 Å². The first-order valence-electron chi connectivity index (χ1n) is 5.61. The second-order valence-corrected chi connectivity index (χ2v) is 4.18. The van der Waals surface area contributed by atoms with Gasteiger partial charge in [0.1, 0.15) is 5.75 Å². The number of hydrogen-bond donors (Lipinski definition) is 2.